The molecule has 0 radical (unpaired) electrons. The fourth-order valence-corrected chi connectivity index (χ4v) is 3.05. The van der Waals surface area contributed by atoms with Gasteiger partial charge in [0.05, 0.1) is 0 Å². The van der Waals surface area contributed by atoms with Crippen molar-refractivity contribution in [2.24, 2.45) is 0 Å². The van der Waals surface area contributed by atoms with Crippen LogP contribution in [0.2, 0.25) is 0 Å². The van der Waals surface area contributed by atoms with E-state index in [4.69, 9.17) is 14.6 Å². The number of amides is 1. The van der Waals surface area contributed by atoms with Crippen molar-refractivity contribution in [3.05, 3.63) is 0 Å². The first-order chi connectivity index (χ1) is 10.6. The summed E-state index contributed by atoms with van der Waals surface area (Å²) in [5.74, 6) is -2.32. The largest absolute Gasteiger partial charge is 0.480 e. The second-order valence-electron chi connectivity index (χ2n) is 6.26. The first-order valence-electron chi connectivity index (χ1n) is 7.14. The minimum atomic E-state index is -4.39. The van der Waals surface area contributed by atoms with Crippen LogP contribution in [0.3, 0.4) is 0 Å². The monoisotopic (exact) mass is 376 g/mol. The zero-order valence-electron chi connectivity index (χ0n) is 13.7. The summed E-state index contributed by atoms with van der Waals surface area (Å²) >= 11 is 0. The summed E-state index contributed by atoms with van der Waals surface area (Å²) in [4.78, 5) is 22.6. The van der Waals surface area contributed by atoms with E-state index in [0.717, 1.165) is 0 Å². The van der Waals surface area contributed by atoms with Crippen LogP contribution >= 0.6 is 0 Å². The van der Waals surface area contributed by atoms with Crippen LogP contribution in [-0.4, -0.2) is 50.7 Å². The highest BCUT2D eigenvalue weighted by Gasteiger charge is 2.28. The number of alkyl carbamates (subject to hydrolysis) is 1. The molecule has 0 saturated heterocycles. The summed E-state index contributed by atoms with van der Waals surface area (Å²) in [6.45, 7) is 4.75. The van der Waals surface area contributed by atoms with Crippen molar-refractivity contribution in [3.8, 4) is 0 Å². The lowest BCUT2D eigenvalue weighted by atomic mass is 10.2. The van der Waals surface area contributed by atoms with Gasteiger partial charge < -0.3 is 15.2 Å². The molecule has 0 aliphatic rings. The van der Waals surface area contributed by atoms with E-state index in [0.29, 0.717) is 0 Å². The van der Waals surface area contributed by atoms with E-state index in [1.54, 1.807) is 20.8 Å². The van der Waals surface area contributed by atoms with Gasteiger partial charge in [0.1, 0.15) is 11.6 Å². The second kappa shape index (κ2) is 8.54. The quantitative estimate of drug-likeness (QED) is 0.602. The SMILES string of the molecule is CC(C)(C)OC(=O)NC(CC[S@@](=N)(=O)CCCC(F)(F)F)C(=O)O. The topological polar surface area (TPSA) is 117 Å². The standard InChI is InChI=1S/C13H23F3N2O5S/c1-12(2,3)23-11(21)18-9(10(19)20)5-8-24(17,22)7-4-6-13(14,15)16/h9,17H,4-8H2,1-3H3,(H,18,21)(H,19,20)/t9?,24-/m0/s1. The Morgan fingerprint density at radius 1 is 1.25 bits per heavy atom. The Balaban J connectivity index is 4.53. The first kappa shape index (κ1) is 22.5. The molecular weight excluding hydrogens is 353 g/mol. The molecule has 0 saturated carbocycles. The number of carboxylic acid groups (broad SMARTS) is 1. The van der Waals surface area contributed by atoms with Crippen LogP contribution in [0.4, 0.5) is 18.0 Å². The van der Waals surface area contributed by atoms with Crippen LogP contribution in [0.25, 0.3) is 0 Å². The predicted octanol–water partition coefficient (Wildman–Crippen LogP) is 2.74. The molecule has 0 heterocycles. The second-order valence-corrected chi connectivity index (χ2v) is 8.70. The number of rotatable bonds is 8. The molecule has 0 aromatic carbocycles. The minimum absolute atomic E-state index is 0.344. The summed E-state index contributed by atoms with van der Waals surface area (Å²) in [6, 6.07) is -1.44. The minimum Gasteiger partial charge on any atom is -0.480 e. The van der Waals surface area contributed by atoms with Crippen LogP contribution in [0.15, 0.2) is 0 Å². The molecule has 24 heavy (non-hydrogen) atoms. The fraction of sp³-hybridized carbons (Fsp3) is 0.846. The maximum absolute atomic E-state index is 12.0. The van der Waals surface area contributed by atoms with Crippen molar-refractivity contribution < 1.29 is 36.8 Å². The average molecular weight is 376 g/mol. The number of ether oxygens (including phenoxy) is 1. The van der Waals surface area contributed by atoms with Gasteiger partial charge in [-0.2, -0.15) is 13.2 Å². The number of carboxylic acids is 1. The van der Waals surface area contributed by atoms with E-state index < -0.39 is 64.0 Å². The maximum Gasteiger partial charge on any atom is 0.408 e. The molecule has 0 fully saturated rings. The summed E-state index contributed by atoms with van der Waals surface area (Å²) in [6.07, 6.45) is -7.34. The molecule has 0 rings (SSSR count). The predicted molar refractivity (Wildman–Crippen MR) is 81.3 cm³/mol. The number of hydrogen-bond donors (Lipinski definition) is 3. The lowest BCUT2D eigenvalue weighted by molar-refractivity contribution is -0.139. The van der Waals surface area contributed by atoms with Gasteiger partial charge in [0, 0.05) is 27.7 Å². The first-order valence-corrected chi connectivity index (χ1v) is 9.04. The van der Waals surface area contributed by atoms with Crippen LogP contribution in [-0.2, 0) is 19.3 Å². The van der Waals surface area contributed by atoms with E-state index in [2.05, 4.69) is 5.32 Å². The van der Waals surface area contributed by atoms with Crippen molar-refractivity contribution in [1.29, 1.82) is 4.78 Å². The van der Waals surface area contributed by atoms with Crippen molar-refractivity contribution in [1.82, 2.24) is 5.32 Å². The summed E-state index contributed by atoms with van der Waals surface area (Å²) in [5, 5.41) is 11.1. The van der Waals surface area contributed by atoms with Gasteiger partial charge in [-0.1, -0.05) is 0 Å². The number of hydrogen-bond acceptors (Lipinski definition) is 5. The molecule has 0 spiro atoms. The number of carbonyl (C=O) groups excluding carboxylic acids is 1. The normalized spacial score (nSPS) is 16.1. The molecule has 0 aliphatic heterocycles. The zero-order valence-corrected chi connectivity index (χ0v) is 14.6. The molecule has 7 nitrogen and oxygen atoms in total. The molecule has 0 aromatic rings. The number of alkyl halides is 3. The Labute approximate surface area is 138 Å². The number of nitrogens with one attached hydrogen (secondary N) is 2. The van der Waals surface area contributed by atoms with Gasteiger partial charge in [-0.3, -0.25) is 4.78 Å². The van der Waals surface area contributed by atoms with Gasteiger partial charge in [-0.05, 0) is 33.6 Å². The molecule has 0 aromatic heterocycles. The summed E-state index contributed by atoms with van der Waals surface area (Å²) in [5.41, 5.74) is -0.840. The van der Waals surface area contributed by atoms with Gasteiger partial charge in [0.15, 0.2) is 0 Å². The zero-order chi connectivity index (χ0) is 19.2. The van der Waals surface area contributed by atoms with Gasteiger partial charge >= 0.3 is 18.2 Å². The van der Waals surface area contributed by atoms with E-state index >= 15 is 0 Å². The van der Waals surface area contributed by atoms with Crippen molar-refractivity contribution in [3.63, 3.8) is 0 Å². The molecular formula is C13H23F3N2O5S. The maximum atomic E-state index is 12.0. The van der Waals surface area contributed by atoms with E-state index in [-0.39, 0.29) is 6.42 Å². The molecule has 0 bridgehead atoms. The summed E-state index contributed by atoms with van der Waals surface area (Å²) in [7, 11) is -3.36. The third-order valence-corrected chi connectivity index (χ3v) is 4.50. The van der Waals surface area contributed by atoms with E-state index in [1.807, 2.05) is 0 Å². The highest BCUT2D eigenvalue weighted by molar-refractivity contribution is 7.92. The smallest absolute Gasteiger partial charge is 0.408 e. The van der Waals surface area contributed by atoms with Crippen molar-refractivity contribution in [2.75, 3.05) is 11.5 Å². The van der Waals surface area contributed by atoms with Gasteiger partial charge in [0.2, 0.25) is 0 Å². The third-order valence-electron chi connectivity index (χ3n) is 2.66. The Morgan fingerprint density at radius 3 is 2.21 bits per heavy atom. The van der Waals surface area contributed by atoms with Gasteiger partial charge in [0.25, 0.3) is 0 Å². The highest BCUT2D eigenvalue weighted by Crippen LogP contribution is 2.21. The van der Waals surface area contributed by atoms with Gasteiger partial charge in [-0.15, -0.1) is 0 Å². The molecule has 142 valence electrons. The Morgan fingerprint density at radius 2 is 1.79 bits per heavy atom. The Bertz CT molecular complexity index is 541. The molecule has 1 amide bonds. The number of halogens is 3. The van der Waals surface area contributed by atoms with E-state index in [1.165, 1.54) is 0 Å². The number of aliphatic carboxylic acids is 1. The molecule has 0 aliphatic carbocycles. The Hall–Kier alpha value is -1.52. The Kier molecular flexibility index (Phi) is 8.00. The lowest BCUT2D eigenvalue weighted by Crippen LogP contribution is -2.44. The van der Waals surface area contributed by atoms with Gasteiger partial charge in [-0.25, -0.2) is 13.8 Å². The van der Waals surface area contributed by atoms with Crippen molar-refractivity contribution >= 4 is 21.8 Å². The highest BCUT2D eigenvalue weighted by atomic mass is 32.2. The van der Waals surface area contributed by atoms with Crippen LogP contribution < -0.4 is 5.32 Å². The summed E-state index contributed by atoms with van der Waals surface area (Å²) < 4.78 is 60.4. The fourth-order valence-electron chi connectivity index (χ4n) is 1.62. The average Bonchev–Trinajstić information content (AvgIpc) is 2.29. The number of carbonyl (C=O) groups is 2. The van der Waals surface area contributed by atoms with Crippen LogP contribution in [0.5, 0.6) is 0 Å². The van der Waals surface area contributed by atoms with E-state index in [9.17, 15) is 27.0 Å². The third kappa shape index (κ3) is 12.0. The molecule has 11 heteroatoms. The molecule has 3 N–H and O–H groups in total. The van der Waals surface area contributed by atoms with Crippen LogP contribution in [0, 0.1) is 4.78 Å². The van der Waals surface area contributed by atoms with Crippen molar-refractivity contribution in [2.45, 2.75) is 57.9 Å². The molecule has 2 atom stereocenters. The lowest BCUT2D eigenvalue weighted by Gasteiger charge is -2.22. The van der Waals surface area contributed by atoms with Crippen LogP contribution in [0.1, 0.15) is 40.0 Å². The molecule has 1 unspecified atom stereocenters.